The summed E-state index contributed by atoms with van der Waals surface area (Å²) in [6.45, 7) is 16.7. The van der Waals surface area contributed by atoms with Crippen LogP contribution in [0.25, 0.3) is 0 Å². The van der Waals surface area contributed by atoms with E-state index < -0.39 is 0 Å². The van der Waals surface area contributed by atoms with Crippen molar-refractivity contribution in [1.29, 1.82) is 0 Å². The first-order valence-corrected chi connectivity index (χ1v) is 13.9. The Morgan fingerprint density at radius 1 is 1.10 bits per heavy atom. The topological polar surface area (TPSA) is 20.2 Å². The summed E-state index contributed by atoms with van der Waals surface area (Å²) < 4.78 is 0. The van der Waals surface area contributed by atoms with Gasteiger partial charge in [0.2, 0.25) is 0 Å². The standard InChI is InChI=1S/C29H48ClO/c1-18(2)8-7-9-19(3)24-12-13-25-23-11-10-21-16-22(31)17-27(20(4)30)29(21,6)26(23)14-15-28(24,25)5/h10,18-20,22-27,31H,4,7-9,11-17H2,1-3,5-6H3/t19-,20?,22-,23+,24-,25+,26+,27?,28-,29+/m1/s1. The van der Waals surface area contributed by atoms with E-state index in [0.29, 0.717) is 11.3 Å². The molecule has 0 aliphatic heterocycles. The number of alkyl halides is 1. The molecule has 4 aliphatic carbocycles. The Hall–Kier alpha value is -0.0100. The molecule has 2 heteroatoms. The van der Waals surface area contributed by atoms with Gasteiger partial charge in [0.05, 0.1) is 6.10 Å². The summed E-state index contributed by atoms with van der Waals surface area (Å²) in [5.41, 5.74) is 2.17. The van der Waals surface area contributed by atoms with Gasteiger partial charge in [0.25, 0.3) is 0 Å². The van der Waals surface area contributed by atoms with Gasteiger partial charge in [-0.2, -0.15) is 0 Å². The van der Waals surface area contributed by atoms with E-state index in [0.717, 1.165) is 48.3 Å². The number of fused-ring (bicyclic) bond motifs is 5. The molecule has 2 unspecified atom stereocenters. The van der Waals surface area contributed by atoms with E-state index >= 15 is 0 Å². The largest absolute Gasteiger partial charge is 0.393 e. The van der Waals surface area contributed by atoms with Crippen LogP contribution in [0.15, 0.2) is 11.6 Å². The predicted molar refractivity (Wildman–Crippen MR) is 133 cm³/mol. The highest BCUT2D eigenvalue weighted by Gasteiger charge is 2.61. The fraction of sp³-hybridized carbons (Fsp3) is 0.897. The van der Waals surface area contributed by atoms with Gasteiger partial charge in [-0.15, -0.1) is 11.6 Å². The van der Waals surface area contributed by atoms with Crippen molar-refractivity contribution >= 4 is 11.6 Å². The van der Waals surface area contributed by atoms with Gasteiger partial charge in [-0.3, -0.25) is 0 Å². The highest BCUT2D eigenvalue weighted by atomic mass is 35.5. The van der Waals surface area contributed by atoms with Crippen molar-refractivity contribution in [3.05, 3.63) is 18.6 Å². The molecular formula is C29H48ClO. The zero-order chi connectivity index (χ0) is 22.6. The maximum Gasteiger partial charge on any atom is 0.0581 e. The molecule has 0 spiro atoms. The third kappa shape index (κ3) is 4.07. The first kappa shape index (κ1) is 24.1. The van der Waals surface area contributed by atoms with E-state index in [-0.39, 0.29) is 16.9 Å². The maximum atomic E-state index is 10.5. The summed E-state index contributed by atoms with van der Waals surface area (Å²) in [5.74, 6) is 5.29. The molecule has 4 aliphatic rings. The third-order valence-corrected chi connectivity index (χ3v) is 11.2. The number of halogens is 1. The van der Waals surface area contributed by atoms with Crippen molar-refractivity contribution in [2.45, 2.75) is 110 Å². The lowest BCUT2D eigenvalue weighted by molar-refractivity contribution is -0.0780. The summed E-state index contributed by atoms with van der Waals surface area (Å²) >= 11 is 6.69. The normalized spacial score (nSPS) is 46.7. The first-order valence-electron chi connectivity index (χ1n) is 13.4. The Morgan fingerprint density at radius 3 is 2.52 bits per heavy atom. The molecule has 31 heavy (non-hydrogen) atoms. The molecule has 3 fully saturated rings. The Morgan fingerprint density at radius 2 is 1.84 bits per heavy atom. The summed E-state index contributed by atoms with van der Waals surface area (Å²) in [7, 11) is 0. The molecule has 177 valence electrons. The molecule has 1 N–H and O–H groups in total. The predicted octanol–water partition coefficient (Wildman–Crippen LogP) is 8.06. The van der Waals surface area contributed by atoms with E-state index in [1.54, 1.807) is 0 Å². The molecule has 10 atom stereocenters. The van der Waals surface area contributed by atoms with Gasteiger partial charge in [-0.1, -0.05) is 65.5 Å². The second-order valence-electron chi connectivity index (χ2n) is 12.9. The smallest absolute Gasteiger partial charge is 0.0581 e. The molecule has 0 heterocycles. The lowest BCUT2D eigenvalue weighted by Gasteiger charge is -2.61. The van der Waals surface area contributed by atoms with Gasteiger partial charge in [-0.05, 0) is 104 Å². The Labute approximate surface area is 197 Å². The summed E-state index contributed by atoms with van der Waals surface area (Å²) in [6, 6.07) is 0. The van der Waals surface area contributed by atoms with Gasteiger partial charge in [-0.25, -0.2) is 0 Å². The molecule has 0 bridgehead atoms. The molecule has 0 amide bonds. The fourth-order valence-electron chi connectivity index (χ4n) is 9.34. The lowest BCUT2D eigenvalue weighted by atomic mass is 9.44. The van der Waals surface area contributed by atoms with Crippen LogP contribution in [0.1, 0.15) is 98.8 Å². The van der Waals surface area contributed by atoms with Crippen molar-refractivity contribution in [3.8, 4) is 0 Å². The molecule has 3 saturated carbocycles. The summed E-state index contributed by atoms with van der Waals surface area (Å²) in [4.78, 5) is 0. The van der Waals surface area contributed by atoms with Crippen LogP contribution in [0.4, 0.5) is 0 Å². The van der Waals surface area contributed by atoms with Crippen molar-refractivity contribution in [1.82, 2.24) is 0 Å². The number of aliphatic hydroxyl groups is 1. The average Bonchev–Trinajstić information content (AvgIpc) is 3.04. The molecule has 1 nitrogen and oxygen atoms in total. The third-order valence-electron chi connectivity index (χ3n) is 10.9. The minimum absolute atomic E-state index is 0.118. The van der Waals surface area contributed by atoms with Crippen molar-refractivity contribution in [2.75, 3.05) is 0 Å². The van der Waals surface area contributed by atoms with Crippen LogP contribution < -0.4 is 0 Å². The van der Waals surface area contributed by atoms with Gasteiger partial charge >= 0.3 is 0 Å². The van der Waals surface area contributed by atoms with E-state index in [1.807, 2.05) is 0 Å². The van der Waals surface area contributed by atoms with Gasteiger partial charge < -0.3 is 5.11 Å². The highest BCUT2D eigenvalue weighted by molar-refractivity contribution is 6.21. The minimum atomic E-state index is -0.236. The van der Waals surface area contributed by atoms with Crippen molar-refractivity contribution in [2.24, 2.45) is 52.3 Å². The van der Waals surface area contributed by atoms with E-state index in [4.69, 9.17) is 11.6 Å². The van der Waals surface area contributed by atoms with Crippen LogP contribution in [0.2, 0.25) is 0 Å². The van der Waals surface area contributed by atoms with Crippen LogP contribution >= 0.6 is 11.6 Å². The van der Waals surface area contributed by atoms with Crippen LogP contribution in [0.5, 0.6) is 0 Å². The van der Waals surface area contributed by atoms with E-state index in [1.165, 1.54) is 56.9 Å². The monoisotopic (exact) mass is 447 g/mol. The molecule has 0 aromatic heterocycles. The number of hydrogen-bond donors (Lipinski definition) is 1. The molecule has 0 aromatic carbocycles. The van der Waals surface area contributed by atoms with E-state index in [2.05, 4.69) is 47.6 Å². The minimum Gasteiger partial charge on any atom is -0.393 e. The average molecular weight is 448 g/mol. The summed E-state index contributed by atoms with van der Waals surface area (Å²) in [5, 5.41) is 10.4. The Balaban J connectivity index is 1.55. The van der Waals surface area contributed by atoms with Crippen molar-refractivity contribution < 1.29 is 5.11 Å². The summed E-state index contributed by atoms with van der Waals surface area (Å²) in [6.07, 6.45) is 15.0. The van der Waals surface area contributed by atoms with Crippen molar-refractivity contribution in [3.63, 3.8) is 0 Å². The van der Waals surface area contributed by atoms with Gasteiger partial charge in [0.15, 0.2) is 0 Å². The van der Waals surface area contributed by atoms with Crippen LogP contribution in [-0.4, -0.2) is 16.6 Å². The molecule has 0 aromatic rings. The van der Waals surface area contributed by atoms with Gasteiger partial charge in [0, 0.05) is 5.38 Å². The Bertz CT molecular complexity index is 668. The second-order valence-corrected chi connectivity index (χ2v) is 13.4. The maximum absolute atomic E-state index is 10.5. The zero-order valence-electron chi connectivity index (χ0n) is 20.9. The number of rotatable bonds is 6. The molecule has 1 radical (unpaired) electrons. The molecular weight excluding hydrogens is 400 g/mol. The highest BCUT2D eigenvalue weighted by Crippen LogP contribution is 2.68. The first-order chi connectivity index (χ1) is 14.6. The fourth-order valence-corrected chi connectivity index (χ4v) is 9.70. The second kappa shape index (κ2) is 8.98. The Kier molecular flexibility index (Phi) is 6.99. The SMILES string of the molecule is [CH2]C(Cl)C1C[C@H](O)CC2=CC[C@H]3[C@@H]4CC[C@H]([C@H](C)CCCC(C)C)[C@@]4(C)CC[C@@H]3[C@]21C. The number of hydrogen-bond acceptors (Lipinski definition) is 1. The van der Waals surface area contributed by atoms with Crippen LogP contribution in [-0.2, 0) is 0 Å². The zero-order valence-corrected chi connectivity index (χ0v) is 21.6. The van der Waals surface area contributed by atoms with E-state index in [9.17, 15) is 5.11 Å². The quantitative estimate of drug-likeness (QED) is 0.322. The molecule has 4 rings (SSSR count). The van der Waals surface area contributed by atoms with Crippen LogP contribution in [0.3, 0.4) is 0 Å². The number of allylic oxidation sites excluding steroid dienone is 1. The van der Waals surface area contributed by atoms with Crippen LogP contribution in [0, 0.1) is 59.2 Å². The molecule has 0 saturated heterocycles. The number of aliphatic hydroxyl groups excluding tert-OH is 1. The van der Waals surface area contributed by atoms with Gasteiger partial charge in [0.1, 0.15) is 0 Å². The lowest BCUT2D eigenvalue weighted by Crippen LogP contribution is -2.55.